The second-order valence-corrected chi connectivity index (χ2v) is 8.66. The third kappa shape index (κ3) is 5.48. The summed E-state index contributed by atoms with van der Waals surface area (Å²) in [5.41, 5.74) is 1.06. The Balaban J connectivity index is 1.34. The van der Waals surface area contributed by atoms with Crippen molar-refractivity contribution in [1.29, 1.82) is 0 Å². The molecule has 8 heteroatoms. The number of benzene rings is 1. The molecule has 1 unspecified atom stereocenters. The van der Waals surface area contributed by atoms with Crippen LogP contribution in [0.2, 0.25) is 0 Å². The molecule has 8 nitrogen and oxygen atoms in total. The van der Waals surface area contributed by atoms with Crippen molar-refractivity contribution in [3.05, 3.63) is 42.1 Å². The van der Waals surface area contributed by atoms with Gasteiger partial charge in [-0.3, -0.25) is 4.79 Å². The number of rotatable bonds is 7. The number of likely N-dealkylation sites (N-methyl/N-ethyl adjacent to an activating group) is 1. The van der Waals surface area contributed by atoms with Gasteiger partial charge in [0.25, 0.3) is 0 Å². The Labute approximate surface area is 189 Å². The van der Waals surface area contributed by atoms with Crippen LogP contribution in [0.15, 0.2) is 36.5 Å². The molecule has 0 aliphatic carbocycles. The highest BCUT2D eigenvalue weighted by molar-refractivity contribution is 5.73. The summed E-state index contributed by atoms with van der Waals surface area (Å²) in [5, 5.41) is 2.90. The van der Waals surface area contributed by atoms with E-state index in [2.05, 4.69) is 20.1 Å². The first-order valence-corrected chi connectivity index (χ1v) is 11.4. The van der Waals surface area contributed by atoms with E-state index < -0.39 is 0 Å². The first kappa shape index (κ1) is 22.3. The summed E-state index contributed by atoms with van der Waals surface area (Å²) in [7, 11) is 2.05. The van der Waals surface area contributed by atoms with Gasteiger partial charge in [-0.05, 0) is 43.5 Å². The Hall–Kier alpha value is -2.87. The molecule has 2 aliphatic rings. The number of ether oxygens (including phenoxy) is 2. The van der Waals surface area contributed by atoms with Crippen molar-refractivity contribution in [2.45, 2.75) is 51.3 Å². The number of amides is 1. The molecule has 3 atom stereocenters. The Morgan fingerprint density at radius 1 is 1.28 bits per heavy atom. The molecule has 2 fully saturated rings. The van der Waals surface area contributed by atoms with E-state index in [-0.39, 0.29) is 18.1 Å². The molecule has 2 aromatic rings. The minimum Gasteiger partial charge on any atom is -0.489 e. The number of anilines is 2. The summed E-state index contributed by atoms with van der Waals surface area (Å²) in [6.45, 7) is 6.76. The lowest BCUT2D eigenvalue weighted by molar-refractivity contribution is -0.119. The first-order chi connectivity index (χ1) is 15.5. The average Bonchev–Trinajstić information content (AvgIpc) is 3.28. The van der Waals surface area contributed by atoms with Crippen LogP contribution in [0.1, 0.15) is 44.7 Å². The Morgan fingerprint density at radius 2 is 2.09 bits per heavy atom. The molecule has 1 amide bonds. The third-order valence-corrected chi connectivity index (χ3v) is 6.20. The molecule has 0 spiro atoms. The van der Waals surface area contributed by atoms with Crippen LogP contribution >= 0.6 is 0 Å². The van der Waals surface area contributed by atoms with Crippen molar-refractivity contribution < 1.29 is 14.3 Å². The van der Waals surface area contributed by atoms with Gasteiger partial charge in [-0.1, -0.05) is 12.1 Å². The van der Waals surface area contributed by atoms with Gasteiger partial charge in [0, 0.05) is 39.7 Å². The lowest BCUT2D eigenvalue weighted by Crippen LogP contribution is -2.39. The first-order valence-electron chi connectivity index (χ1n) is 11.4. The zero-order valence-electron chi connectivity index (χ0n) is 19.2. The highest BCUT2D eigenvalue weighted by Crippen LogP contribution is 2.25. The summed E-state index contributed by atoms with van der Waals surface area (Å²) >= 11 is 0. The van der Waals surface area contributed by atoms with E-state index in [0.717, 1.165) is 68.6 Å². The zero-order chi connectivity index (χ0) is 22.5. The number of carbonyl (C=O) groups is 1. The van der Waals surface area contributed by atoms with Crippen molar-refractivity contribution in [2.24, 2.45) is 0 Å². The number of hydrogen-bond donors (Lipinski definition) is 1. The van der Waals surface area contributed by atoms with Gasteiger partial charge in [0.05, 0.1) is 25.2 Å². The van der Waals surface area contributed by atoms with Gasteiger partial charge < -0.3 is 24.6 Å². The lowest BCUT2D eigenvalue weighted by atomic mass is 10.1. The topological polar surface area (TPSA) is 79.8 Å². The Kier molecular flexibility index (Phi) is 7.09. The van der Waals surface area contributed by atoms with E-state index in [1.165, 1.54) is 6.92 Å². The van der Waals surface area contributed by atoms with Crippen LogP contribution in [0.5, 0.6) is 5.75 Å². The monoisotopic (exact) mass is 439 g/mol. The molecular formula is C24H33N5O3. The quantitative estimate of drug-likeness (QED) is 0.710. The Morgan fingerprint density at radius 3 is 2.81 bits per heavy atom. The maximum absolute atomic E-state index is 11.3. The standard InChI is InChI=1S/C24H33N5O3/c1-17(26-18(2)30)19-6-8-21(9-7-19)32-22-11-13-29(15-22)23-10-12-25-24(27-23)28(3)20-5-4-14-31-16-20/h6-10,12,17,20,22H,4-5,11,13-16H2,1-3H3,(H,26,30)/t17-,20?,22+/m0/s1. The molecule has 1 aromatic heterocycles. The minimum absolute atomic E-state index is 0.0196. The van der Waals surface area contributed by atoms with E-state index in [1.807, 2.05) is 50.5 Å². The fraction of sp³-hybridized carbons (Fsp3) is 0.542. The van der Waals surface area contributed by atoms with E-state index in [0.29, 0.717) is 6.04 Å². The van der Waals surface area contributed by atoms with E-state index in [1.54, 1.807) is 0 Å². The molecule has 1 N–H and O–H groups in total. The SMILES string of the molecule is CC(=O)N[C@@H](C)c1ccc(O[C@@H]2CCN(c3ccnc(N(C)C4CCCOC4)n3)C2)cc1. The summed E-state index contributed by atoms with van der Waals surface area (Å²) in [6.07, 6.45) is 5.06. The van der Waals surface area contributed by atoms with Gasteiger partial charge in [0.15, 0.2) is 0 Å². The maximum Gasteiger partial charge on any atom is 0.227 e. The van der Waals surface area contributed by atoms with Crippen LogP contribution in [0.3, 0.4) is 0 Å². The van der Waals surface area contributed by atoms with E-state index >= 15 is 0 Å². The van der Waals surface area contributed by atoms with Crippen molar-refractivity contribution in [3.8, 4) is 5.75 Å². The summed E-state index contributed by atoms with van der Waals surface area (Å²) in [6, 6.07) is 10.2. The molecule has 1 aromatic carbocycles. The second kappa shape index (κ2) is 10.2. The molecule has 2 aliphatic heterocycles. The van der Waals surface area contributed by atoms with Crippen molar-refractivity contribution >= 4 is 17.7 Å². The van der Waals surface area contributed by atoms with Crippen molar-refractivity contribution in [2.75, 3.05) is 43.2 Å². The zero-order valence-corrected chi connectivity index (χ0v) is 19.2. The Bertz CT molecular complexity index is 901. The number of hydrogen-bond acceptors (Lipinski definition) is 7. The normalized spacial score (nSPS) is 21.8. The minimum atomic E-state index is -0.0324. The fourth-order valence-corrected chi connectivity index (χ4v) is 4.33. The second-order valence-electron chi connectivity index (χ2n) is 8.66. The van der Waals surface area contributed by atoms with Gasteiger partial charge in [0.2, 0.25) is 11.9 Å². The van der Waals surface area contributed by atoms with Crippen molar-refractivity contribution in [3.63, 3.8) is 0 Å². The molecule has 0 radical (unpaired) electrons. The predicted octanol–water partition coefficient (Wildman–Crippen LogP) is 2.95. The molecule has 4 rings (SSSR count). The van der Waals surface area contributed by atoms with E-state index in [9.17, 15) is 4.79 Å². The van der Waals surface area contributed by atoms with Crippen molar-refractivity contribution in [1.82, 2.24) is 15.3 Å². The van der Waals surface area contributed by atoms with Gasteiger partial charge in [-0.25, -0.2) is 4.98 Å². The summed E-state index contributed by atoms with van der Waals surface area (Å²) in [4.78, 5) is 25.0. The number of nitrogens with zero attached hydrogens (tertiary/aromatic N) is 4. The highest BCUT2D eigenvalue weighted by Gasteiger charge is 2.26. The van der Waals surface area contributed by atoms with Crippen LogP contribution in [0.4, 0.5) is 11.8 Å². The van der Waals surface area contributed by atoms with Crippen LogP contribution in [-0.2, 0) is 9.53 Å². The molecule has 0 bridgehead atoms. The molecule has 172 valence electrons. The van der Waals surface area contributed by atoms with Crippen LogP contribution in [0.25, 0.3) is 0 Å². The number of aromatic nitrogens is 2. The van der Waals surface area contributed by atoms with Gasteiger partial charge in [0.1, 0.15) is 17.7 Å². The number of carbonyl (C=O) groups excluding carboxylic acids is 1. The summed E-state index contributed by atoms with van der Waals surface area (Å²) in [5.74, 6) is 2.49. The number of nitrogens with one attached hydrogen (secondary N) is 1. The van der Waals surface area contributed by atoms with E-state index in [4.69, 9.17) is 14.5 Å². The lowest BCUT2D eigenvalue weighted by Gasteiger charge is -2.31. The van der Waals surface area contributed by atoms with Crippen LogP contribution < -0.4 is 19.9 Å². The summed E-state index contributed by atoms with van der Waals surface area (Å²) < 4.78 is 11.8. The predicted molar refractivity (Wildman–Crippen MR) is 124 cm³/mol. The molecule has 32 heavy (non-hydrogen) atoms. The van der Waals surface area contributed by atoms with Gasteiger partial charge >= 0.3 is 0 Å². The molecular weight excluding hydrogens is 406 g/mol. The van der Waals surface area contributed by atoms with Gasteiger partial charge in [-0.2, -0.15) is 4.98 Å². The average molecular weight is 440 g/mol. The molecule has 0 saturated carbocycles. The fourth-order valence-electron chi connectivity index (χ4n) is 4.33. The highest BCUT2D eigenvalue weighted by atomic mass is 16.5. The van der Waals surface area contributed by atoms with Crippen LogP contribution in [-0.4, -0.2) is 61.4 Å². The maximum atomic E-state index is 11.3. The van der Waals surface area contributed by atoms with Gasteiger partial charge in [-0.15, -0.1) is 0 Å². The third-order valence-electron chi connectivity index (χ3n) is 6.20. The molecule has 3 heterocycles. The molecule has 2 saturated heterocycles. The largest absolute Gasteiger partial charge is 0.489 e. The smallest absolute Gasteiger partial charge is 0.227 e. The van der Waals surface area contributed by atoms with Crippen LogP contribution in [0, 0.1) is 0 Å².